The maximum absolute atomic E-state index is 5.95. The second-order valence-electron chi connectivity index (χ2n) is 6.30. The number of thiophene rings is 1. The smallest absolute Gasteiger partial charge is 0.119 e. The van der Waals surface area contributed by atoms with Crippen molar-refractivity contribution >= 4 is 17.5 Å². The van der Waals surface area contributed by atoms with Crippen LogP contribution in [0.3, 0.4) is 0 Å². The minimum Gasteiger partial charge on any atom is -0.492 e. The highest BCUT2D eigenvalue weighted by molar-refractivity contribution is 7.07. The molecule has 1 saturated heterocycles. The fraction of sp³-hybridized carbons (Fsp3) is 0.421. The first-order chi connectivity index (χ1) is 12.4. The second kappa shape index (κ2) is 7.99. The van der Waals surface area contributed by atoms with Gasteiger partial charge in [-0.05, 0) is 29.1 Å². The minimum atomic E-state index is 0.714. The standard InChI is InChI=1S/C19H23N3O2S/c1-2-16(13-22-14-19-18(20-15-22)4-11-25-19)12-17(3-1)24-10-7-21-5-8-23-9-6-21/h1-4,11-12,14H,5-10,13,15H2. The van der Waals surface area contributed by atoms with Crippen LogP contribution in [0.25, 0.3) is 6.20 Å². The second-order valence-corrected chi connectivity index (χ2v) is 7.24. The average Bonchev–Trinajstić information content (AvgIpc) is 3.11. The number of fused-ring (bicyclic) bond motifs is 1. The van der Waals surface area contributed by atoms with Gasteiger partial charge in [0.05, 0.1) is 23.1 Å². The van der Waals surface area contributed by atoms with Gasteiger partial charge in [0, 0.05) is 32.4 Å². The summed E-state index contributed by atoms with van der Waals surface area (Å²) >= 11 is 1.74. The summed E-state index contributed by atoms with van der Waals surface area (Å²) in [6, 6.07) is 10.5. The van der Waals surface area contributed by atoms with Gasteiger partial charge in [0.1, 0.15) is 19.0 Å². The van der Waals surface area contributed by atoms with Crippen LogP contribution >= 0.6 is 11.3 Å². The van der Waals surface area contributed by atoms with Crippen LogP contribution in [0.15, 0.2) is 40.7 Å². The SMILES string of the molecule is C1=c2sccc2=NCN1Cc1cccc(OCCN2CCOCC2)c1. The van der Waals surface area contributed by atoms with E-state index in [1.807, 2.05) is 6.07 Å². The van der Waals surface area contributed by atoms with Crippen molar-refractivity contribution in [1.82, 2.24) is 9.80 Å². The number of ether oxygens (including phenoxy) is 2. The van der Waals surface area contributed by atoms with Crippen LogP contribution < -0.4 is 14.6 Å². The predicted molar refractivity (Wildman–Crippen MR) is 99.2 cm³/mol. The normalized spacial score (nSPS) is 17.5. The Morgan fingerprint density at radius 2 is 2.12 bits per heavy atom. The Balaban J connectivity index is 1.32. The lowest BCUT2D eigenvalue weighted by atomic mass is 10.2. The molecule has 2 aliphatic rings. The molecule has 0 unspecified atom stereocenters. The Kier molecular flexibility index (Phi) is 5.30. The highest BCUT2D eigenvalue weighted by atomic mass is 32.1. The molecule has 4 rings (SSSR count). The lowest BCUT2D eigenvalue weighted by Crippen LogP contribution is -2.38. The fourth-order valence-electron chi connectivity index (χ4n) is 3.10. The van der Waals surface area contributed by atoms with Crippen molar-refractivity contribution in [3.63, 3.8) is 0 Å². The largest absolute Gasteiger partial charge is 0.492 e. The van der Waals surface area contributed by atoms with E-state index in [-0.39, 0.29) is 0 Å². The summed E-state index contributed by atoms with van der Waals surface area (Å²) in [7, 11) is 0. The summed E-state index contributed by atoms with van der Waals surface area (Å²) in [5.41, 5.74) is 1.25. The molecule has 0 atom stereocenters. The van der Waals surface area contributed by atoms with E-state index in [4.69, 9.17) is 9.47 Å². The summed E-state index contributed by atoms with van der Waals surface area (Å²) in [6.45, 7) is 6.90. The number of morpholine rings is 1. The third-order valence-corrected chi connectivity index (χ3v) is 5.30. The zero-order valence-electron chi connectivity index (χ0n) is 14.3. The van der Waals surface area contributed by atoms with E-state index < -0.39 is 0 Å². The van der Waals surface area contributed by atoms with E-state index in [0.29, 0.717) is 13.3 Å². The molecule has 0 spiro atoms. The molecule has 132 valence electrons. The van der Waals surface area contributed by atoms with Gasteiger partial charge in [0.15, 0.2) is 0 Å². The molecule has 0 saturated carbocycles. The maximum atomic E-state index is 5.95. The number of benzene rings is 1. The minimum absolute atomic E-state index is 0.714. The predicted octanol–water partition coefficient (Wildman–Crippen LogP) is 1.29. The van der Waals surface area contributed by atoms with Crippen LogP contribution in [-0.2, 0) is 11.3 Å². The highest BCUT2D eigenvalue weighted by Crippen LogP contribution is 2.16. The molecule has 2 aromatic rings. The van der Waals surface area contributed by atoms with Gasteiger partial charge >= 0.3 is 0 Å². The lowest BCUT2D eigenvalue weighted by Gasteiger charge is -2.26. The third kappa shape index (κ3) is 4.39. The number of hydrogen-bond donors (Lipinski definition) is 0. The molecule has 6 heteroatoms. The molecule has 5 nitrogen and oxygen atoms in total. The first-order valence-corrected chi connectivity index (χ1v) is 9.60. The zero-order valence-corrected chi connectivity index (χ0v) is 15.1. The molecule has 1 aromatic heterocycles. The summed E-state index contributed by atoms with van der Waals surface area (Å²) in [4.78, 5) is 9.24. The first-order valence-electron chi connectivity index (χ1n) is 8.72. The Morgan fingerprint density at radius 1 is 1.20 bits per heavy atom. The Labute approximate surface area is 151 Å². The topological polar surface area (TPSA) is 37.3 Å². The summed E-state index contributed by atoms with van der Waals surface area (Å²) < 4.78 is 12.6. The van der Waals surface area contributed by atoms with Crippen LogP contribution in [0.1, 0.15) is 5.56 Å². The van der Waals surface area contributed by atoms with Crippen molar-refractivity contribution < 1.29 is 9.47 Å². The summed E-state index contributed by atoms with van der Waals surface area (Å²) in [6.07, 6.45) is 2.21. The first kappa shape index (κ1) is 16.6. The lowest BCUT2D eigenvalue weighted by molar-refractivity contribution is 0.0322. The van der Waals surface area contributed by atoms with Crippen molar-refractivity contribution in [2.24, 2.45) is 4.99 Å². The number of hydrogen-bond acceptors (Lipinski definition) is 6. The molecule has 0 bridgehead atoms. The Bertz CT molecular complexity index is 814. The van der Waals surface area contributed by atoms with E-state index in [9.17, 15) is 0 Å². The van der Waals surface area contributed by atoms with Crippen LogP contribution in [-0.4, -0.2) is 55.9 Å². The van der Waals surface area contributed by atoms with E-state index in [1.165, 1.54) is 10.1 Å². The van der Waals surface area contributed by atoms with E-state index >= 15 is 0 Å². The quantitative estimate of drug-likeness (QED) is 0.781. The molecule has 2 aliphatic heterocycles. The van der Waals surface area contributed by atoms with Gasteiger partial charge in [0.25, 0.3) is 0 Å². The molecule has 1 aromatic carbocycles. The van der Waals surface area contributed by atoms with Gasteiger partial charge in [-0.2, -0.15) is 0 Å². The van der Waals surface area contributed by atoms with Gasteiger partial charge in [-0.25, -0.2) is 0 Å². The number of rotatable bonds is 6. The van der Waals surface area contributed by atoms with Gasteiger partial charge in [-0.3, -0.25) is 9.89 Å². The monoisotopic (exact) mass is 357 g/mol. The molecule has 0 amide bonds. The molecule has 1 fully saturated rings. The van der Waals surface area contributed by atoms with Gasteiger partial charge in [0.2, 0.25) is 0 Å². The molecular formula is C19H23N3O2S. The van der Waals surface area contributed by atoms with Crippen molar-refractivity contribution in [3.05, 3.63) is 51.2 Å². The van der Waals surface area contributed by atoms with Gasteiger partial charge in [-0.1, -0.05) is 12.1 Å². The summed E-state index contributed by atoms with van der Waals surface area (Å²) in [5.74, 6) is 0.941. The average molecular weight is 357 g/mol. The van der Waals surface area contributed by atoms with Gasteiger partial charge in [-0.15, -0.1) is 11.3 Å². The Morgan fingerprint density at radius 3 is 3.04 bits per heavy atom. The molecule has 25 heavy (non-hydrogen) atoms. The molecule has 0 aliphatic carbocycles. The van der Waals surface area contributed by atoms with Crippen molar-refractivity contribution in [3.8, 4) is 5.75 Å². The van der Waals surface area contributed by atoms with Crippen molar-refractivity contribution in [2.75, 3.05) is 46.1 Å². The van der Waals surface area contributed by atoms with E-state index in [1.54, 1.807) is 11.3 Å². The van der Waals surface area contributed by atoms with Crippen molar-refractivity contribution in [1.29, 1.82) is 0 Å². The van der Waals surface area contributed by atoms with Crippen LogP contribution in [0, 0.1) is 0 Å². The molecule has 3 heterocycles. The van der Waals surface area contributed by atoms with Crippen LogP contribution in [0.5, 0.6) is 5.75 Å². The third-order valence-electron chi connectivity index (χ3n) is 4.46. The molecule has 0 N–H and O–H groups in total. The van der Waals surface area contributed by atoms with Crippen LogP contribution in [0.4, 0.5) is 0 Å². The van der Waals surface area contributed by atoms with Gasteiger partial charge < -0.3 is 14.4 Å². The molecule has 0 radical (unpaired) electrons. The Hall–Kier alpha value is -1.89. The van der Waals surface area contributed by atoms with Crippen molar-refractivity contribution in [2.45, 2.75) is 6.54 Å². The fourth-order valence-corrected chi connectivity index (χ4v) is 3.90. The van der Waals surface area contributed by atoms with E-state index in [2.05, 4.69) is 50.6 Å². The maximum Gasteiger partial charge on any atom is 0.119 e. The highest BCUT2D eigenvalue weighted by Gasteiger charge is 2.10. The number of nitrogens with zero attached hydrogens (tertiary/aromatic N) is 3. The zero-order chi connectivity index (χ0) is 16.9. The summed E-state index contributed by atoms with van der Waals surface area (Å²) in [5, 5.41) is 3.21. The van der Waals surface area contributed by atoms with E-state index in [0.717, 1.165) is 50.5 Å². The molecular weight excluding hydrogens is 334 g/mol. The van der Waals surface area contributed by atoms with Crippen LogP contribution in [0.2, 0.25) is 0 Å².